The van der Waals surface area contributed by atoms with Crippen molar-refractivity contribution in [3.8, 4) is 0 Å². The molecule has 1 aliphatic heterocycles. The lowest BCUT2D eigenvalue weighted by molar-refractivity contribution is -0.143. The summed E-state index contributed by atoms with van der Waals surface area (Å²) in [7, 11) is 3.76. The Labute approximate surface area is 227 Å². The molecule has 0 aliphatic carbocycles. The van der Waals surface area contributed by atoms with E-state index in [-0.39, 0.29) is 31.0 Å². The van der Waals surface area contributed by atoms with Crippen LogP contribution in [0.5, 0.6) is 0 Å². The number of nitrogens with one attached hydrogen (secondary N) is 1. The average Bonchev–Trinajstić information content (AvgIpc) is 2.89. The summed E-state index contributed by atoms with van der Waals surface area (Å²) in [6.07, 6.45) is 0.548. The van der Waals surface area contributed by atoms with E-state index in [1.807, 2.05) is 32.8 Å². The minimum absolute atomic E-state index is 0.00219. The maximum absolute atomic E-state index is 14.3. The Balaban J connectivity index is 1.78. The number of alkyl halides is 1. The van der Waals surface area contributed by atoms with E-state index >= 15 is 0 Å². The lowest BCUT2D eigenvalue weighted by Crippen LogP contribution is -2.58. The van der Waals surface area contributed by atoms with E-state index in [1.54, 1.807) is 24.3 Å². The van der Waals surface area contributed by atoms with Crippen molar-refractivity contribution in [2.24, 2.45) is 5.92 Å². The van der Waals surface area contributed by atoms with Crippen LogP contribution >= 0.6 is 0 Å². The SMILES string of the molecule is CC(C)C[C@H](NC(=O)c1ccc(N(C)C)cc1)C(=O)N1CCCN(C(=O)c2ccccc2F)CC(=O)C1CF. The molecule has 3 amide bonds. The van der Waals surface area contributed by atoms with Crippen molar-refractivity contribution < 1.29 is 28.0 Å². The number of benzene rings is 2. The summed E-state index contributed by atoms with van der Waals surface area (Å²) in [5.41, 5.74) is 1.11. The van der Waals surface area contributed by atoms with Gasteiger partial charge in [0.25, 0.3) is 11.8 Å². The minimum Gasteiger partial charge on any atom is -0.378 e. The smallest absolute Gasteiger partial charge is 0.257 e. The molecular formula is C29H36F2N4O4. The fourth-order valence-electron chi connectivity index (χ4n) is 4.59. The average molecular weight is 543 g/mol. The number of carbonyl (C=O) groups is 4. The number of nitrogens with zero attached hydrogens (tertiary/aromatic N) is 3. The lowest BCUT2D eigenvalue weighted by atomic mass is 9.99. The van der Waals surface area contributed by atoms with Crippen LogP contribution < -0.4 is 10.2 Å². The second kappa shape index (κ2) is 13.3. The first-order valence-electron chi connectivity index (χ1n) is 13.0. The Kier molecular flexibility index (Phi) is 10.1. The van der Waals surface area contributed by atoms with Crippen LogP contribution in [-0.4, -0.2) is 85.8 Å². The highest BCUT2D eigenvalue weighted by Gasteiger charge is 2.37. The number of amides is 3. The zero-order chi connectivity index (χ0) is 28.7. The van der Waals surface area contributed by atoms with Crippen LogP contribution in [0.3, 0.4) is 0 Å². The van der Waals surface area contributed by atoms with Crippen LogP contribution in [0, 0.1) is 11.7 Å². The number of halogens is 2. The maximum atomic E-state index is 14.3. The molecule has 1 aliphatic rings. The number of hydrogen-bond acceptors (Lipinski definition) is 5. The van der Waals surface area contributed by atoms with Gasteiger partial charge in [0, 0.05) is 38.4 Å². The minimum atomic E-state index is -1.42. The fraction of sp³-hybridized carbons (Fsp3) is 0.448. The summed E-state index contributed by atoms with van der Waals surface area (Å²) in [6, 6.07) is 9.98. The van der Waals surface area contributed by atoms with E-state index < -0.39 is 54.6 Å². The van der Waals surface area contributed by atoms with Crippen molar-refractivity contribution in [1.29, 1.82) is 0 Å². The van der Waals surface area contributed by atoms with Crippen molar-refractivity contribution in [3.63, 3.8) is 0 Å². The first kappa shape index (κ1) is 29.7. The van der Waals surface area contributed by atoms with Gasteiger partial charge in [-0.3, -0.25) is 19.2 Å². The molecule has 10 heteroatoms. The summed E-state index contributed by atoms with van der Waals surface area (Å²) in [6.45, 7) is 2.29. The summed E-state index contributed by atoms with van der Waals surface area (Å²) < 4.78 is 28.4. The van der Waals surface area contributed by atoms with Crippen LogP contribution in [0.15, 0.2) is 48.5 Å². The number of anilines is 1. The van der Waals surface area contributed by atoms with Gasteiger partial charge in [-0.05, 0) is 55.2 Å². The van der Waals surface area contributed by atoms with Gasteiger partial charge in [-0.25, -0.2) is 8.78 Å². The molecule has 39 heavy (non-hydrogen) atoms. The van der Waals surface area contributed by atoms with Gasteiger partial charge < -0.3 is 20.0 Å². The number of rotatable bonds is 8. The molecule has 8 nitrogen and oxygen atoms in total. The number of carbonyl (C=O) groups excluding carboxylic acids is 4. The Bertz CT molecular complexity index is 1190. The molecule has 210 valence electrons. The van der Waals surface area contributed by atoms with Crippen LogP contribution in [-0.2, 0) is 9.59 Å². The van der Waals surface area contributed by atoms with E-state index in [9.17, 15) is 28.0 Å². The summed E-state index contributed by atoms with van der Waals surface area (Å²) in [4.78, 5) is 56.9. The quantitative estimate of drug-likeness (QED) is 0.553. The second-order valence-electron chi connectivity index (χ2n) is 10.3. The molecule has 1 unspecified atom stereocenters. The van der Waals surface area contributed by atoms with E-state index in [0.717, 1.165) is 11.8 Å². The molecule has 0 spiro atoms. The van der Waals surface area contributed by atoms with E-state index in [2.05, 4.69) is 5.32 Å². The molecule has 0 radical (unpaired) electrons. The Hall–Kier alpha value is -3.82. The third-order valence-corrected chi connectivity index (χ3v) is 6.70. The molecule has 2 aromatic rings. The van der Waals surface area contributed by atoms with Gasteiger partial charge in [0.05, 0.1) is 12.1 Å². The molecule has 0 aromatic heterocycles. The molecule has 1 N–H and O–H groups in total. The topological polar surface area (TPSA) is 90.0 Å². The fourth-order valence-corrected chi connectivity index (χ4v) is 4.59. The summed E-state index contributed by atoms with van der Waals surface area (Å²) in [5, 5.41) is 2.78. The van der Waals surface area contributed by atoms with Gasteiger partial charge in [0.15, 0.2) is 5.78 Å². The third-order valence-electron chi connectivity index (χ3n) is 6.70. The van der Waals surface area contributed by atoms with E-state index in [1.165, 1.54) is 28.0 Å². The molecule has 1 heterocycles. The monoisotopic (exact) mass is 542 g/mol. The number of Topliss-reactive ketones (excluding diaryl/α,β-unsaturated/α-hetero) is 1. The predicted octanol–water partition coefficient (Wildman–Crippen LogP) is 3.32. The zero-order valence-electron chi connectivity index (χ0n) is 22.8. The Morgan fingerprint density at radius 1 is 1.05 bits per heavy atom. The van der Waals surface area contributed by atoms with Crippen molar-refractivity contribution in [2.75, 3.05) is 45.3 Å². The van der Waals surface area contributed by atoms with Crippen LogP contribution in [0.2, 0.25) is 0 Å². The maximum Gasteiger partial charge on any atom is 0.257 e. The largest absolute Gasteiger partial charge is 0.378 e. The highest BCUT2D eigenvalue weighted by Crippen LogP contribution is 2.19. The highest BCUT2D eigenvalue weighted by molar-refractivity contribution is 6.00. The van der Waals surface area contributed by atoms with Gasteiger partial charge in [-0.2, -0.15) is 0 Å². The normalized spacial score (nSPS) is 16.9. The predicted molar refractivity (Wildman–Crippen MR) is 145 cm³/mol. The molecule has 3 rings (SSSR count). The zero-order valence-corrected chi connectivity index (χ0v) is 22.8. The van der Waals surface area contributed by atoms with E-state index in [4.69, 9.17) is 0 Å². The van der Waals surface area contributed by atoms with Crippen molar-refractivity contribution >= 4 is 29.2 Å². The van der Waals surface area contributed by atoms with Gasteiger partial charge in [0.2, 0.25) is 5.91 Å². The van der Waals surface area contributed by atoms with Gasteiger partial charge >= 0.3 is 0 Å². The summed E-state index contributed by atoms with van der Waals surface area (Å²) >= 11 is 0. The van der Waals surface area contributed by atoms with Crippen LogP contribution in [0.4, 0.5) is 14.5 Å². The molecule has 1 fully saturated rings. The molecular weight excluding hydrogens is 506 g/mol. The van der Waals surface area contributed by atoms with Crippen molar-refractivity contribution in [2.45, 2.75) is 38.8 Å². The first-order valence-corrected chi connectivity index (χ1v) is 13.0. The standard InChI is InChI=1S/C29H36F2N4O4/c1-19(2)16-24(32-27(37)20-10-12-21(13-11-20)33(3)4)29(39)35-15-7-14-34(18-26(36)25(35)17-30)28(38)22-8-5-6-9-23(22)31/h5-6,8-13,19,24-25H,7,14-18H2,1-4H3,(H,32,37)/t24-,25?/m0/s1. The third kappa shape index (κ3) is 7.40. The van der Waals surface area contributed by atoms with Crippen LogP contribution in [0.1, 0.15) is 47.4 Å². The van der Waals surface area contributed by atoms with Gasteiger partial charge in [-0.1, -0.05) is 26.0 Å². The Morgan fingerprint density at radius 2 is 1.72 bits per heavy atom. The number of hydrogen-bond donors (Lipinski definition) is 1. The second-order valence-corrected chi connectivity index (χ2v) is 10.3. The molecule has 2 atom stereocenters. The Morgan fingerprint density at radius 3 is 2.31 bits per heavy atom. The first-order chi connectivity index (χ1) is 18.5. The molecule has 0 saturated carbocycles. The van der Waals surface area contributed by atoms with Gasteiger partial charge in [-0.15, -0.1) is 0 Å². The highest BCUT2D eigenvalue weighted by atomic mass is 19.1. The van der Waals surface area contributed by atoms with E-state index in [0.29, 0.717) is 12.0 Å². The van der Waals surface area contributed by atoms with Crippen molar-refractivity contribution in [1.82, 2.24) is 15.1 Å². The lowest BCUT2D eigenvalue weighted by Gasteiger charge is -2.36. The van der Waals surface area contributed by atoms with Crippen LogP contribution in [0.25, 0.3) is 0 Å². The molecule has 2 aromatic carbocycles. The van der Waals surface area contributed by atoms with Crippen molar-refractivity contribution in [3.05, 3.63) is 65.5 Å². The molecule has 0 bridgehead atoms. The molecule has 1 saturated heterocycles. The summed E-state index contributed by atoms with van der Waals surface area (Å²) in [5.74, 6) is -3.01. The number of ketones is 1. The van der Waals surface area contributed by atoms with Gasteiger partial charge in [0.1, 0.15) is 24.6 Å².